The summed E-state index contributed by atoms with van der Waals surface area (Å²) in [5, 5.41) is 2.91. The third-order valence-electron chi connectivity index (χ3n) is 6.57. The predicted octanol–water partition coefficient (Wildman–Crippen LogP) is 3.97. The first-order chi connectivity index (χ1) is 16.4. The summed E-state index contributed by atoms with van der Waals surface area (Å²) < 4.78 is 28.1. The Morgan fingerprint density at radius 3 is 2.24 bits per heavy atom. The molecule has 1 amide bonds. The minimum atomic E-state index is -3.65. The zero-order chi connectivity index (χ0) is 23.7. The highest BCUT2D eigenvalue weighted by atomic mass is 32.2. The normalized spacial score (nSPS) is 17.3. The second-order valence-electron chi connectivity index (χ2n) is 8.98. The van der Waals surface area contributed by atoms with Crippen LogP contribution >= 0.6 is 0 Å². The van der Waals surface area contributed by atoms with Crippen LogP contribution in [0.2, 0.25) is 0 Å². The molecular weight excluding hydrogens is 450 g/mol. The Bertz CT molecular complexity index is 1330. The average Bonchev–Trinajstić information content (AvgIpc) is 3.39. The molecule has 178 valence electrons. The zero-order valence-corrected chi connectivity index (χ0v) is 20.1. The van der Waals surface area contributed by atoms with Crippen LogP contribution in [0.15, 0.2) is 47.4 Å². The molecule has 0 atom stereocenters. The number of fused-ring (bicyclic) bond motifs is 1. The van der Waals surface area contributed by atoms with Crippen LogP contribution in [0.25, 0.3) is 11.0 Å². The number of rotatable bonds is 5. The van der Waals surface area contributed by atoms with Crippen LogP contribution < -0.4 is 10.2 Å². The van der Waals surface area contributed by atoms with Crippen molar-refractivity contribution in [3.8, 4) is 0 Å². The van der Waals surface area contributed by atoms with Crippen LogP contribution in [0, 0.1) is 6.92 Å². The van der Waals surface area contributed by atoms with E-state index in [1.165, 1.54) is 10.4 Å². The number of aryl methyl sites for hydroxylation is 1. The Kier molecular flexibility index (Phi) is 6.22. The van der Waals surface area contributed by atoms with E-state index in [1.807, 2.05) is 24.3 Å². The number of aromatic nitrogens is 2. The van der Waals surface area contributed by atoms with E-state index in [1.54, 1.807) is 19.1 Å². The number of amides is 1. The third-order valence-corrected chi connectivity index (χ3v) is 8.61. The molecule has 0 bridgehead atoms. The largest absolute Gasteiger partial charge is 0.354 e. The minimum absolute atomic E-state index is 0.186. The summed E-state index contributed by atoms with van der Waals surface area (Å²) in [6, 6.07) is 12.4. The Morgan fingerprint density at radius 1 is 0.882 bits per heavy atom. The molecule has 0 aliphatic carbocycles. The summed E-state index contributed by atoms with van der Waals surface area (Å²) in [6.45, 7) is 4.52. The number of hydrogen-bond acceptors (Lipinski definition) is 6. The highest BCUT2D eigenvalue weighted by molar-refractivity contribution is 7.89. The first kappa shape index (κ1) is 22.7. The smallest absolute Gasteiger partial charge is 0.256 e. The van der Waals surface area contributed by atoms with E-state index < -0.39 is 15.9 Å². The number of carbonyl (C=O) groups excluding carboxylic acids is 1. The fourth-order valence-electron chi connectivity index (χ4n) is 4.67. The molecule has 1 aromatic heterocycles. The van der Waals surface area contributed by atoms with Crippen molar-refractivity contribution in [1.82, 2.24) is 14.3 Å². The van der Waals surface area contributed by atoms with Gasteiger partial charge in [-0.05, 0) is 62.4 Å². The van der Waals surface area contributed by atoms with Crippen LogP contribution in [0.4, 0.5) is 11.6 Å². The molecule has 8 nitrogen and oxygen atoms in total. The first-order valence-corrected chi connectivity index (χ1v) is 13.3. The average molecular weight is 480 g/mol. The van der Waals surface area contributed by atoms with Gasteiger partial charge in [0.1, 0.15) is 0 Å². The second kappa shape index (κ2) is 9.31. The molecule has 2 fully saturated rings. The molecule has 3 heterocycles. The lowest BCUT2D eigenvalue weighted by Gasteiger charge is -2.26. The quantitative estimate of drug-likeness (QED) is 0.595. The molecule has 9 heteroatoms. The van der Waals surface area contributed by atoms with E-state index in [2.05, 4.69) is 15.2 Å². The van der Waals surface area contributed by atoms with E-state index in [0.717, 1.165) is 50.7 Å². The van der Waals surface area contributed by atoms with Crippen molar-refractivity contribution in [2.45, 2.75) is 43.9 Å². The molecule has 2 aromatic carbocycles. The van der Waals surface area contributed by atoms with Crippen molar-refractivity contribution < 1.29 is 13.2 Å². The van der Waals surface area contributed by atoms with Crippen LogP contribution in [0.3, 0.4) is 0 Å². The van der Waals surface area contributed by atoms with Crippen molar-refractivity contribution in [3.05, 3.63) is 53.6 Å². The van der Waals surface area contributed by atoms with Crippen molar-refractivity contribution >= 4 is 38.6 Å². The fraction of sp³-hybridized carbons (Fsp3) is 0.400. The molecule has 0 unspecified atom stereocenters. The maximum absolute atomic E-state index is 13.3. The van der Waals surface area contributed by atoms with Gasteiger partial charge in [0.2, 0.25) is 10.0 Å². The summed E-state index contributed by atoms with van der Waals surface area (Å²) >= 11 is 0. The lowest BCUT2D eigenvalue weighted by atomic mass is 10.1. The van der Waals surface area contributed by atoms with Crippen LogP contribution in [-0.2, 0) is 10.0 Å². The molecular formula is C25H29N5O3S. The van der Waals surface area contributed by atoms with Crippen molar-refractivity contribution in [2.24, 2.45) is 0 Å². The van der Waals surface area contributed by atoms with E-state index >= 15 is 0 Å². The number of para-hydroxylation sites is 2. The van der Waals surface area contributed by atoms with Crippen LogP contribution in [-0.4, -0.2) is 54.8 Å². The number of nitrogens with one attached hydrogen (secondary N) is 1. The molecule has 1 N–H and O–H groups in total. The van der Waals surface area contributed by atoms with Gasteiger partial charge in [0, 0.05) is 31.7 Å². The van der Waals surface area contributed by atoms with Crippen LogP contribution in [0.1, 0.15) is 48.0 Å². The molecule has 5 rings (SSSR count). The topological polar surface area (TPSA) is 95.5 Å². The van der Waals surface area contributed by atoms with Gasteiger partial charge < -0.3 is 10.2 Å². The Balaban J connectivity index is 1.48. The van der Waals surface area contributed by atoms with Crippen molar-refractivity contribution in [2.75, 3.05) is 36.4 Å². The van der Waals surface area contributed by atoms with E-state index in [0.29, 0.717) is 35.8 Å². The number of piperidine rings is 1. The lowest BCUT2D eigenvalue weighted by Crippen LogP contribution is -2.36. The van der Waals surface area contributed by atoms with E-state index in [4.69, 9.17) is 4.98 Å². The molecule has 34 heavy (non-hydrogen) atoms. The van der Waals surface area contributed by atoms with Gasteiger partial charge in [0.15, 0.2) is 11.6 Å². The lowest BCUT2D eigenvalue weighted by molar-refractivity contribution is 0.102. The number of sulfonamides is 1. The Labute approximate surface area is 200 Å². The van der Waals surface area contributed by atoms with Gasteiger partial charge >= 0.3 is 0 Å². The first-order valence-electron chi connectivity index (χ1n) is 11.9. The molecule has 2 aliphatic rings. The standard InChI is InChI=1S/C25H29N5O3S/c1-18-11-12-19(17-22(18)34(32,33)30-15-5-2-6-16-30)25(31)28-23-24(29-13-7-8-14-29)27-21-10-4-3-9-20(21)26-23/h3-4,9-12,17H,2,5-8,13-16H2,1H3,(H,26,28,31). The SMILES string of the molecule is Cc1ccc(C(=O)Nc2nc3ccccc3nc2N2CCCC2)cc1S(=O)(=O)N1CCCCC1. The molecule has 0 radical (unpaired) electrons. The minimum Gasteiger partial charge on any atom is -0.354 e. The van der Waals surface area contributed by atoms with Crippen molar-refractivity contribution in [3.63, 3.8) is 0 Å². The third kappa shape index (κ3) is 4.37. The monoisotopic (exact) mass is 479 g/mol. The van der Waals surface area contributed by atoms with Gasteiger partial charge in [-0.1, -0.05) is 24.6 Å². The summed E-state index contributed by atoms with van der Waals surface area (Å²) in [5.74, 6) is 0.643. The van der Waals surface area contributed by atoms with Gasteiger partial charge in [0.05, 0.1) is 15.9 Å². The predicted molar refractivity (Wildman–Crippen MR) is 133 cm³/mol. The zero-order valence-electron chi connectivity index (χ0n) is 19.3. The highest BCUT2D eigenvalue weighted by Gasteiger charge is 2.28. The summed E-state index contributed by atoms with van der Waals surface area (Å²) in [6.07, 6.45) is 4.89. The molecule has 0 spiro atoms. The van der Waals surface area contributed by atoms with Crippen LogP contribution in [0.5, 0.6) is 0 Å². The number of anilines is 2. The van der Waals surface area contributed by atoms with Crippen molar-refractivity contribution in [1.29, 1.82) is 0 Å². The Morgan fingerprint density at radius 2 is 1.53 bits per heavy atom. The molecule has 2 aliphatic heterocycles. The molecule has 0 saturated carbocycles. The maximum atomic E-state index is 13.3. The van der Waals surface area contributed by atoms with E-state index in [-0.39, 0.29) is 10.5 Å². The molecule has 3 aromatic rings. The Hall–Kier alpha value is -3.04. The van der Waals surface area contributed by atoms with Gasteiger partial charge in [-0.2, -0.15) is 4.31 Å². The van der Waals surface area contributed by atoms with Gasteiger partial charge in [-0.25, -0.2) is 18.4 Å². The number of carbonyl (C=O) groups is 1. The summed E-state index contributed by atoms with van der Waals surface area (Å²) in [4.78, 5) is 25.1. The maximum Gasteiger partial charge on any atom is 0.256 e. The second-order valence-corrected chi connectivity index (χ2v) is 10.9. The van der Waals surface area contributed by atoms with E-state index in [9.17, 15) is 13.2 Å². The number of nitrogens with zero attached hydrogens (tertiary/aromatic N) is 4. The summed E-state index contributed by atoms with van der Waals surface area (Å²) in [5.41, 5.74) is 2.37. The number of benzene rings is 2. The van der Waals surface area contributed by atoms with Gasteiger partial charge in [-0.3, -0.25) is 4.79 Å². The highest BCUT2D eigenvalue weighted by Crippen LogP contribution is 2.29. The summed E-state index contributed by atoms with van der Waals surface area (Å²) in [7, 11) is -3.65. The molecule has 2 saturated heterocycles. The van der Waals surface area contributed by atoms with Gasteiger partial charge in [0.25, 0.3) is 5.91 Å². The number of hydrogen-bond donors (Lipinski definition) is 1. The van der Waals surface area contributed by atoms with Gasteiger partial charge in [-0.15, -0.1) is 0 Å². The fourth-order valence-corrected chi connectivity index (χ4v) is 6.44.